The molecule has 0 bridgehead atoms. The molecule has 2 rings (SSSR count). The Labute approximate surface area is 131 Å². The number of rotatable bonds is 10. The topological polar surface area (TPSA) is 39.7 Å². The summed E-state index contributed by atoms with van der Waals surface area (Å²) in [7, 11) is 3.34. The molecule has 0 radical (unpaired) electrons. The van der Waals surface area contributed by atoms with Gasteiger partial charge in [0.25, 0.3) is 0 Å². The van der Waals surface area contributed by atoms with Crippen molar-refractivity contribution in [2.75, 3.05) is 27.4 Å². The van der Waals surface area contributed by atoms with Gasteiger partial charge in [-0.15, -0.1) is 0 Å². The molecule has 21 heavy (non-hydrogen) atoms. The van der Waals surface area contributed by atoms with Crippen molar-refractivity contribution >= 4 is 11.6 Å². The third kappa shape index (κ3) is 5.38. The number of halogens is 1. The Morgan fingerprint density at radius 2 is 1.95 bits per heavy atom. The van der Waals surface area contributed by atoms with Gasteiger partial charge >= 0.3 is 0 Å². The number of ether oxygens (including phenoxy) is 3. The van der Waals surface area contributed by atoms with Gasteiger partial charge in [-0.3, -0.25) is 0 Å². The molecular weight excluding hydrogens is 290 g/mol. The van der Waals surface area contributed by atoms with Crippen LogP contribution in [0.25, 0.3) is 0 Å². The molecule has 118 valence electrons. The Morgan fingerprint density at radius 1 is 1.19 bits per heavy atom. The van der Waals surface area contributed by atoms with Crippen LogP contribution in [-0.4, -0.2) is 33.5 Å². The Balaban J connectivity index is 1.91. The molecule has 0 unspecified atom stereocenters. The molecular formula is C16H24ClNO3. The average Bonchev–Trinajstić information content (AvgIpc) is 3.30. The van der Waals surface area contributed by atoms with E-state index in [1.165, 1.54) is 12.8 Å². The van der Waals surface area contributed by atoms with E-state index in [1.54, 1.807) is 14.2 Å². The summed E-state index contributed by atoms with van der Waals surface area (Å²) in [5, 5.41) is 4.07. The second-order valence-corrected chi connectivity index (χ2v) is 5.72. The third-order valence-corrected chi connectivity index (χ3v) is 3.73. The van der Waals surface area contributed by atoms with Gasteiger partial charge in [0.05, 0.1) is 18.7 Å². The first-order chi connectivity index (χ1) is 10.2. The quantitative estimate of drug-likeness (QED) is 0.672. The van der Waals surface area contributed by atoms with Crippen LogP contribution in [0.3, 0.4) is 0 Å². The van der Waals surface area contributed by atoms with Gasteiger partial charge in [0.2, 0.25) is 0 Å². The summed E-state index contributed by atoms with van der Waals surface area (Å²) in [6.45, 7) is 2.17. The summed E-state index contributed by atoms with van der Waals surface area (Å²) in [4.78, 5) is 0. The van der Waals surface area contributed by atoms with Crippen molar-refractivity contribution in [3.8, 4) is 11.5 Å². The second-order valence-electron chi connectivity index (χ2n) is 5.31. The Hall–Kier alpha value is -0.970. The molecule has 0 aromatic heterocycles. The molecule has 1 aliphatic carbocycles. The van der Waals surface area contributed by atoms with Crippen LogP contribution >= 0.6 is 11.6 Å². The van der Waals surface area contributed by atoms with Crippen LogP contribution in [-0.2, 0) is 11.3 Å². The van der Waals surface area contributed by atoms with Crippen LogP contribution in [0.5, 0.6) is 11.5 Å². The summed E-state index contributed by atoms with van der Waals surface area (Å²) < 4.78 is 16.2. The van der Waals surface area contributed by atoms with Gasteiger partial charge < -0.3 is 19.5 Å². The van der Waals surface area contributed by atoms with E-state index in [2.05, 4.69) is 5.32 Å². The first-order valence-electron chi connectivity index (χ1n) is 7.46. The molecule has 1 fully saturated rings. The van der Waals surface area contributed by atoms with E-state index in [1.807, 2.05) is 12.1 Å². The fourth-order valence-electron chi connectivity index (χ4n) is 2.09. The lowest BCUT2D eigenvalue weighted by Crippen LogP contribution is -2.15. The Bertz CT molecular complexity index is 449. The lowest BCUT2D eigenvalue weighted by atomic mass is 10.2. The van der Waals surface area contributed by atoms with Crippen LogP contribution < -0.4 is 14.8 Å². The number of benzene rings is 1. The zero-order valence-electron chi connectivity index (χ0n) is 12.8. The fourth-order valence-corrected chi connectivity index (χ4v) is 2.38. The van der Waals surface area contributed by atoms with E-state index in [9.17, 15) is 0 Å². The maximum Gasteiger partial charge on any atom is 0.179 e. The normalized spacial score (nSPS) is 14.2. The van der Waals surface area contributed by atoms with E-state index in [0.29, 0.717) is 29.2 Å². The van der Waals surface area contributed by atoms with Gasteiger partial charge in [-0.1, -0.05) is 11.6 Å². The Morgan fingerprint density at radius 3 is 2.62 bits per heavy atom. The first-order valence-corrected chi connectivity index (χ1v) is 7.84. The second kappa shape index (κ2) is 8.47. The number of hydrogen-bond donors (Lipinski definition) is 1. The molecule has 0 saturated heterocycles. The van der Waals surface area contributed by atoms with Crippen LogP contribution in [0.15, 0.2) is 12.1 Å². The van der Waals surface area contributed by atoms with Crippen LogP contribution in [0.4, 0.5) is 0 Å². The molecule has 1 aliphatic rings. The highest BCUT2D eigenvalue weighted by Crippen LogP contribution is 2.36. The maximum atomic E-state index is 6.33. The summed E-state index contributed by atoms with van der Waals surface area (Å²) in [6.07, 6.45) is 4.44. The minimum Gasteiger partial charge on any atom is -0.493 e. The van der Waals surface area contributed by atoms with Crippen molar-refractivity contribution in [1.29, 1.82) is 0 Å². The van der Waals surface area contributed by atoms with Crippen LogP contribution in [0.2, 0.25) is 5.02 Å². The smallest absolute Gasteiger partial charge is 0.179 e. The fraction of sp³-hybridized carbons (Fsp3) is 0.625. The molecule has 4 nitrogen and oxygen atoms in total. The molecule has 0 spiro atoms. The minimum atomic E-state index is 0.605. The number of hydrogen-bond acceptors (Lipinski definition) is 4. The standard InChI is InChI=1S/C16H24ClNO3/c1-19-7-3-4-8-21-16-14(17)9-12(10-15(16)20-2)11-18-13-5-6-13/h9-10,13,18H,3-8,11H2,1-2H3. The molecule has 1 N–H and O–H groups in total. The largest absolute Gasteiger partial charge is 0.493 e. The van der Waals surface area contributed by atoms with Gasteiger partial charge in [0.15, 0.2) is 11.5 Å². The highest BCUT2D eigenvalue weighted by molar-refractivity contribution is 6.32. The minimum absolute atomic E-state index is 0.605. The summed E-state index contributed by atoms with van der Waals surface area (Å²) in [5.41, 5.74) is 1.12. The van der Waals surface area contributed by atoms with E-state index >= 15 is 0 Å². The van der Waals surface area contributed by atoms with Crippen molar-refractivity contribution < 1.29 is 14.2 Å². The van der Waals surface area contributed by atoms with E-state index in [-0.39, 0.29) is 0 Å². The third-order valence-electron chi connectivity index (χ3n) is 3.45. The van der Waals surface area contributed by atoms with Gasteiger partial charge in [0.1, 0.15) is 0 Å². The highest BCUT2D eigenvalue weighted by Gasteiger charge is 2.20. The summed E-state index contributed by atoms with van der Waals surface area (Å²) >= 11 is 6.33. The first kappa shape index (κ1) is 16.4. The zero-order valence-corrected chi connectivity index (χ0v) is 13.5. The van der Waals surface area contributed by atoms with Crippen molar-refractivity contribution in [2.24, 2.45) is 0 Å². The summed E-state index contributed by atoms with van der Waals surface area (Å²) in [5.74, 6) is 1.33. The molecule has 0 atom stereocenters. The molecule has 1 aromatic carbocycles. The van der Waals surface area contributed by atoms with E-state index in [4.69, 9.17) is 25.8 Å². The number of methoxy groups -OCH3 is 2. The van der Waals surface area contributed by atoms with Crippen molar-refractivity contribution in [3.63, 3.8) is 0 Å². The SMILES string of the molecule is COCCCCOc1c(Cl)cc(CNC2CC2)cc1OC. The molecule has 0 heterocycles. The lowest BCUT2D eigenvalue weighted by Gasteiger charge is -2.14. The Kier molecular flexibility index (Phi) is 6.61. The maximum absolute atomic E-state index is 6.33. The molecule has 0 amide bonds. The number of nitrogens with one attached hydrogen (secondary N) is 1. The van der Waals surface area contributed by atoms with Gasteiger partial charge in [-0.05, 0) is 43.4 Å². The van der Waals surface area contributed by atoms with Crippen LogP contribution in [0, 0.1) is 0 Å². The predicted octanol–water partition coefficient (Wildman–Crippen LogP) is 3.41. The average molecular weight is 314 g/mol. The van der Waals surface area contributed by atoms with Crippen LogP contribution in [0.1, 0.15) is 31.2 Å². The van der Waals surface area contributed by atoms with Gasteiger partial charge in [-0.25, -0.2) is 0 Å². The molecule has 1 aromatic rings. The zero-order chi connectivity index (χ0) is 15.1. The number of unbranched alkanes of at least 4 members (excludes halogenated alkanes) is 1. The van der Waals surface area contributed by atoms with Crippen molar-refractivity contribution in [2.45, 2.75) is 38.3 Å². The van der Waals surface area contributed by atoms with Gasteiger partial charge in [0, 0.05) is 26.3 Å². The van der Waals surface area contributed by atoms with E-state index in [0.717, 1.165) is 31.6 Å². The molecule has 1 saturated carbocycles. The highest BCUT2D eigenvalue weighted by atomic mass is 35.5. The lowest BCUT2D eigenvalue weighted by molar-refractivity contribution is 0.183. The molecule has 5 heteroatoms. The van der Waals surface area contributed by atoms with Crippen molar-refractivity contribution in [1.82, 2.24) is 5.32 Å². The predicted molar refractivity (Wildman–Crippen MR) is 84.5 cm³/mol. The monoisotopic (exact) mass is 313 g/mol. The molecule has 0 aliphatic heterocycles. The van der Waals surface area contributed by atoms with E-state index < -0.39 is 0 Å². The van der Waals surface area contributed by atoms with Gasteiger partial charge in [-0.2, -0.15) is 0 Å². The summed E-state index contributed by atoms with van der Waals surface area (Å²) in [6, 6.07) is 4.61. The van der Waals surface area contributed by atoms with Crippen molar-refractivity contribution in [3.05, 3.63) is 22.7 Å².